The summed E-state index contributed by atoms with van der Waals surface area (Å²) in [5.41, 5.74) is 0.469. The minimum absolute atomic E-state index is 0.259. The zero-order valence-corrected chi connectivity index (χ0v) is 14.2. The van der Waals surface area contributed by atoms with Crippen molar-refractivity contribution in [1.82, 2.24) is 20.4 Å². The zero-order chi connectivity index (χ0) is 16.2. The van der Waals surface area contributed by atoms with E-state index in [9.17, 15) is 9.59 Å². The summed E-state index contributed by atoms with van der Waals surface area (Å²) in [4.78, 5) is 23.0. The minimum Gasteiger partial charge on any atom is -0.480 e. The molecule has 0 aliphatic carbocycles. The maximum atomic E-state index is 11.9. The fraction of sp³-hybridized carbons (Fsp3) is 0.615. The average molecular weight is 361 g/mol. The van der Waals surface area contributed by atoms with E-state index in [1.54, 1.807) is 18.7 Å². The molecule has 0 bridgehead atoms. The second-order valence-electron chi connectivity index (χ2n) is 4.98. The highest BCUT2D eigenvalue weighted by atomic mass is 79.9. The van der Waals surface area contributed by atoms with Gasteiger partial charge in [-0.05, 0) is 35.7 Å². The van der Waals surface area contributed by atoms with Gasteiger partial charge in [0.1, 0.15) is 5.54 Å². The molecule has 1 heterocycles. The number of aliphatic carboxylic acids is 1. The van der Waals surface area contributed by atoms with E-state index in [4.69, 9.17) is 5.11 Å². The Morgan fingerprint density at radius 1 is 1.43 bits per heavy atom. The van der Waals surface area contributed by atoms with E-state index < -0.39 is 17.5 Å². The van der Waals surface area contributed by atoms with Crippen LogP contribution in [0.3, 0.4) is 0 Å². The Bertz CT molecular complexity index is 544. The van der Waals surface area contributed by atoms with Gasteiger partial charge >= 0.3 is 12.0 Å². The summed E-state index contributed by atoms with van der Waals surface area (Å²) in [6.07, 6.45) is 1.08. The molecular weight excluding hydrogens is 340 g/mol. The average Bonchev–Trinajstić information content (AvgIpc) is 2.70. The van der Waals surface area contributed by atoms with Crippen LogP contribution >= 0.6 is 15.9 Å². The number of amides is 2. The van der Waals surface area contributed by atoms with Crippen LogP contribution in [-0.4, -0.2) is 32.4 Å². The molecule has 0 fully saturated rings. The highest BCUT2D eigenvalue weighted by molar-refractivity contribution is 9.10. The normalized spacial score (nSPS) is 13.6. The van der Waals surface area contributed by atoms with Crippen LogP contribution in [0.5, 0.6) is 0 Å². The number of nitrogens with zero attached hydrogens (tertiary/aromatic N) is 2. The first kappa shape index (κ1) is 17.5. The van der Waals surface area contributed by atoms with Gasteiger partial charge in [-0.3, -0.25) is 4.68 Å². The lowest BCUT2D eigenvalue weighted by molar-refractivity contribution is -0.143. The van der Waals surface area contributed by atoms with Crippen LogP contribution in [0.25, 0.3) is 0 Å². The van der Waals surface area contributed by atoms with Gasteiger partial charge in [0.15, 0.2) is 0 Å². The number of carboxylic acid groups (broad SMARTS) is 1. The summed E-state index contributed by atoms with van der Waals surface area (Å²) in [5, 5.41) is 18.6. The number of hydrogen-bond donors (Lipinski definition) is 3. The third kappa shape index (κ3) is 3.96. The number of carbonyl (C=O) groups excluding carboxylic acids is 1. The molecule has 118 valence electrons. The summed E-state index contributed by atoms with van der Waals surface area (Å²) in [6.45, 7) is 5.44. The lowest BCUT2D eigenvalue weighted by atomic mass is 10.00. The van der Waals surface area contributed by atoms with E-state index in [0.717, 1.165) is 22.3 Å². The molecule has 0 aromatic carbocycles. The van der Waals surface area contributed by atoms with Crippen LogP contribution in [0.4, 0.5) is 4.79 Å². The molecule has 0 aliphatic rings. The number of aryl methyl sites for hydroxylation is 2. The van der Waals surface area contributed by atoms with Crippen molar-refractivity contribution in [2.24, 2.45) is 7.05 Å². The quantitative estimate of drug-likeness (QED) is 0.720. The van der Waals surface area contributed by atoms with Crippen molar-refractivity contribution in [1.29, 1.82) is 0 Å². The Morgan fingerprint density at radius 2 is 2.05 bits per heavy atom. The van der Waals surface area contributed by atoms with Crippen molar-refractivity contribution in [3.8, 4) is 0 Å². The zero-order valence-electron chi connectivity index (χ0n) is 12.7. The van der Waals surface area contributed by atoms with Crippen LogP contribution < -0.4 is 10.6 Å². The smallest absolute Gasteiger partial charge is 0.329 e. The van der Waals surface area contributed by atoms with Crippen LogP contribution in [0.2, 0.25) is 0 Å². The van der Waals surface area contributed by atoms with Gasteiger partial charge in [0, 0.05) is 7.05 Å². The maximum Gasteiger partial charge on any atom is 0.329 e. The van der Waals surface area contributed by atoms with E-state index in [-0.39, 0.29) is 6.54 Å². The Morgan fingerprint density at radius 3 is 2.48 bits per heavy atom. The fourth-order valence-corrected chi connectivity index (χ4v) is 2.52. The number of rotatable bonds is 6. The van der Waals surface area contributed by atoms with Gasteiger partial charge in [-0.15, -0.1) is 0 Å². The van der Waals surface area contributed by atoms with Gasteiger partial charge in [-0.25, -0.2) is 9.59 Å². The predicted octanol–water partition coefficient (Wildman–Crippen LogP) is 1.80. The summed E-state index contributed by atoms with van der Waals surface area (Å²) in [5.74, 6) is -1.06. The van der Waals surface area contributed by atoms with Crippen LogP contribution in [-0.2, 0) is 24.8 Å². The monoisotopic (exact) mass is 360 g/mol. The Balaban J connectivity index is 2.70. The summed E-state index contributed by atoms with van der Waals surface area (Å²) >= 11 is 3.46. The highest BCUT2D eigenvalue weighted by Crippen LogP contribution is 2.21. The number of aromatic nitrogens is 2. The van der Waals surface area contributed by atoms with Crippen molar-refractivity contribution in [2.75, 3.05) is 0 Å². The first-order valence-electron chi connectivity index (χ1n) is 6.74. The molecule has 2 amide bonds. The minimum atomic E-state index is -1.28. The number of urea groups is 1. The second-order valence-corrected chi connectivity index (χ2v) is 5.78. The first-order valence-corrected chi connectivity index (χ1v) is 7.54. The molecule has 0 aliphatic heterocycles. The lowest BCUT2D eigenvalue weighted by Crippen LogP contribution is -2.54. The molecule has 8 heteroatoms. The van der Waals surface area contributed by atoms with Gasteiger partial charge in [0.2, 0.25) is 0 Å². The second kappa shape index (κ2) is 6.93. The van der Waals surface area contributed by atoms with Crippen molar-refractivity contribution >= 4 is 27.9 Å². The SMILES string of the molecule is CCc1nn(C)c(CNC(=O)NC(C)(CC)C(=O)O)c1Br. The molecule has 0 radical (unpaired) electrons. The predicted molar refractivity (Wildman–Crippen MR) is 82.0 cm³/mol. The number of hydrogen-bond acceptors (Lipinski definition) is 3. The van der Waals surface area contributed by atoms with Crippen molar-refractivity contribution in [3.63, 3.8) is 0 Å². The third-order valence-electron chi connectivity index (χ3n) is 3.49. The van der Waals surface area contributed by atoms with Gasteiger partial charge in [-0.2, -0.15) is 5.10 Å². The Hall–Kier alpha value is -1.57. The summed E-state index contributed by atoms with van der Waals surface area (Å²) in [6, 6.07) is -0.520. The molecule has 3 N–H and O–H groups in total. The molecule has 21 heavy (non-hydrogen) atoms. The van der Waals surface area contributed by atoms with Crippen LogP contribution in [0.15, 0.2) is 4.47 Å². The molecule has 1 aromatic heterocycles. The van der Waals surface area contributed by atoms with Gasteiger partial charge < -0.3 is 15.7 Å². The largest absolute Gasteiger partial charge is 0.480 e. The van der Waals surface area contributed by atoms with Crippen LogP contribution in [0.1, 0.15) is 38.6 Å². The molecule has 1 unspecified atom stereocenters. The Kier molecular flexibility index (Phi) is 5.77. The van der Waals surface area contributed by atoms with E-state index in [1.807, 2.05) is 6.92 Å². The fourth-order valence-electron chi connectivity index (χ4n) is 1.76. The third-order valence-corrected chi connectivity index (χ3v) is 4.40. The molecule has 0 saturated carbocycles. The molecule has 1 aromatic rings. The van der Waals surface area contributed by atoms with E-state index in [1.165, 1.54) is 6.92 Å². The maximum absolute atomic E-state index is 11.9. The Labute approximate surface area is 132 Å². The number of nitrogens with one attached hydrogen (secondary N) is 2. The molecule has 1 rings (SSSR count). The van der Waals surface area contributed by atoms with Gasteiger partial charge in [0.25, 0.3) is 0 Å². The molecular formula is C13H21BrN4O3. The van der Waals surface area contributed by atoms with E-state index in [2.05, 4.69) is 31.7 Å². The summed E-state index contributed by atoms with van der Waals surface area (Å²) < 4.78 is 2.56. The summed E-state index contributed by atoms with van der Waals surface area (Å²) in [7, 11) is 1.80. The molecule has 0 spiro atoms. The number of carbonyl (C=O) groups is 2. The number of carboxylic acids is 1. The number of halogens is 1. The molecule has 0 saturated heterocycles. The van der Waals surface area contributed by atoms with Crippen molar-refractivity contribution < 1.29 is 14.7 Å². The van der Waals surface area contributed by atoms with E-state index >= 15 is 0 Å². The lowest BCUT2D eigenvalue weighted by Gasteiger charge is -2.24. The standard InChI is InChI=1S/C13H21BrN4O3/c1-5-8-10(14)9(18(4)17-8)7-15-12(21)16-13(3,6-2)11(19)20/h5-7H2,1-4H3,(H,19,20)(H2,15,16,21). The topological polar surface area (TPSA) is 96.3 Å². The van der Waals surface area contributed by atoms with Crippen molar-refractivity contribution in [3.05, 3.63) is 15.9 Å². The van der Waals surface area contributed by atoms with Gasteiger partial charge in [0.05, 0.1) is 22.4 Å². The first-order chi connectivity index (χ1) is 9.75. The molecule has 1 atom stereocenters. The van der Waals surface area contributed by atoms with E-state index in [0.29, 0.717) is 6.42 Å². The van der Waals surface area contributed by atoms with Crippen molar-refractivity contribution in [2.45, 2.75) is 45.7 Å². The highest BCUT2D eigenvalue weighted by Gasteiger charge is 2.32. The molecule has 7 nitrogen and oxygen atoms in total. The van der Waals surface area contributed by atoms with Gasteiger partial charge in [-0.1, -0.05) is 13.8 Å². The van der Waals surface area contributed by atoms with Crippen LogP contribution in [0, 0.1) is 0 Å².